The molecule has 0 atom stereocenters. The molecule has 0 radical (unpaired) electrons. The van der Waals surface area contributed by atoms with Crippen LogP contribution in [0.1, 0.15) is 11.1 Å². The molecule has 0 aliphatic carbocycles. The Balaban J connectivity index is 2.37. The fourth-order valence-electron chi connectivity index (χ4n) is 1.74. The molecular weight excluding hydrogens is 252 g/mol. The minimum atomic E-state index is -3.70. The van der Waals surface area contributed by atoms with E-state index in [2.05, 4.69) is 14.9 Å². The predicted octanol–water partition coefficient (Wildman–Crippen LogP) is 1.41. The van der Waals surface area contributed by atoms with Gasteiger partial charge in [-0.05, 0) is 37.1 Å². The number of H-pyrrole nitrogens is 1. The second kappa shape index (κ2) is 4.34. The molecule has 2 rings (SSSR count). The summed E-state index contributed by atoms with van der Waals surface area (Å²) in [6, 6.07) is 5.46. The highest BCUT2D eigenvalue weighted by atomic mass is 32.2. The van der Waals surface area contributed by atoms with Crippen molar-refractivity contribution in [3.05, 3.63) is 35.5 Å². The van der Waals surface area contributed by atoms with Gasteiger partial charge in [0.2, 0.25) is 0 Å². The molecule has 6 nitrogen and oxygen atoms in total. The Hall–Kier alpha value is -2.02. The first kappa shape index (κ1) is 12.4. The first-order valence-corrected chi connectivity index (χ1v) is 6.77. The maximum absolute atomic E-state index is 12.1. The van der Waals surface area contributed by atoms with Crippen LogP contribution in [0.25, 0.3) is 0 Å². The van der Waals surface area contributed by atoms with E-state index in [-0.39, 0.29) is 10.7 Å². The SMILES string of the molecule is Cc1cc(C)cc(NS(=O)(=O)c2cn[nH]c2N)c1. The molecule has 2 aromatic rings. The van der Waals surface area contributed by atoms with Crippen LogP contribution < -0.4 is 10.5 Å². The predicted molar refractivity (Wildman–Crippen MR) is 69.7 cm³/mol. The van der Waals surface area contributed by atoms with Gasteiger partial charge < -0.3 is 5.73 Å². The van der Waals surface area contributed by atoms with Gasteiger partial charge in [-0.3, -0.25) is 9.82 Å². The highest BCUT2D eigenvalue weighted by Gasteiger charge is 2.19. The number of benzene rings is 1. The van der Waals surface area contributed by atoms with Crippen LogP contribution >= 0.6 is 0 Å². The summed E-state index contributed by atoms with van der Waals surface area (Å²) in [5.41, 5.74) is 7.97. The van der Waals surface area contributed by atoms with Gasteiger partial charge >= 0.3 is 0 Å². The number of nitrogens with one attached hydrogen (secondary N) is 2. The molecule has 0 bridgehead atoms. The summed E-state index contributed by atoms with van der Waals surface area (Å²) in [4.78, 5) is -0.0540. The van der Waals surface area contributed by atoms with E-state index in [9.17, 15) is 8.42 Å². The lowest BCUT2D eigenvalue weighted by atomic mass is 10.1. The Bertz CT molecular complexity index is 656. The maximum atomic E-state index is 12.1. The van der Waals surface area contributed by atoms with Gasteiger partial charge in [-0.2, -0.15) is 5.10 Å². The number of hydrogen-bond donors (Lipinski definition) is 3. The topological polar surface area (TPSA) is 101 Å². The number of aryl methyl sites for hydroxylation is 2. The molecule has 18 heavy (non-hydrogen) atoms. The number of sulfonamides is 1. The van der Waals surface area contributed by atoms with Crippen LogP contribution in [0, 0.1) is 13.8 Å². The molecule has 0 aliphatic rings. The first-order valence-electron chi connectivity index (χ1n) is 5.28. The normalized spacial score (nSPS) is 11.4. The number of aromatic nitrogens is 2. The van der Waals surface area contributed by atoms with Crippen molar-refractivity contribution < 1.29 is 8.42 Å². The van der Waals surface area contributed by atoms with Crippen molar-refractivity contribution in [1.82, 2.24) is 10.2 Å². The molecule has 0 amide bonds. The van der Waals surface area contributed by atoms with E-state index in [0.717, 1.165) is 11.1 Å². The monoisotopic (exact) mass is 266 g/mol. The van der Waals surface area contributed by atoms with Crippen LogP contribution in [-0.4, -0.2) is 18.6 Å². The molecule has 0 saturated carbocycles. The fourth-order valence-corrected chi connectivity index (χ4v) is 2.81. The summed E-state index contributed by atoms with van der Waals surface area (Å²) in [7, 11) is -3.70. The summed E-state index contributed by atoms with van der Waals surface area (Å²) >= 11 is 0. The number of anilines is 2. The third-order valence-corrected chi connectivity index (χ3v) is 3.80. The van der Waals surface area contributed by atoms with Crippen LogP contribution in [0.15, 0.2) is 29.3 Å². The van der Waals surface area contributed by atoms with E-state index in [0.29, 0.717) is 5.69 Å². The summed E-state index contributed by atoms with van der Waals surface area (Å²) in [5, 5.41) is 5.99. The zero-order valence-corrected chi connectivity index (χ0v) is 10.9. The Morgan fingerprint density at radius 1 is 1.22 bits per heavy atom. The fraction of sp³-hybridized carbons (Fsp3) is 0.182. The Morgan fingerprint density at radius 2 is 1.83 bits per heavy atom. The largest absolute Gasteiger partial charge is 0.383 e. The third-order valence-electron chi connectivity index (χ3n) is 2.40. The van der Waals surface area contributed by atoms with Gasteiger partial charge in [-0.25, -0.2) is 8.42 Å². The average Bonchev–Trinajstić information content (AvgIpc) is 2.62. The van der Waals surface area contributed by atoms with Crippen molar-refractivity contribution in [3.8, 4) is 0 Å². The van der Waals surface area contributed by atoms with Crippen LogP contribution in [0.4, 0.5) is 11.5 Å². The third kappa shape index (κ3) is 2.45. The van der Waals surface area contributed by atoms with E-state index in [4.69, 9.17) is 5.73 Å². The van der Waals surface area contributed by atoms with Gasteiger partial charge in [0.1, 0.15) is 10.7 Å². The molecule has 4 N–H and O–H groups in total. The molecular formula is C11H14N4O2S. The van der Waals surface area contributed by atoms with E-state index < -0.39 is 10.0 Å². The number of nitrogen functional groups attached to an aromatic ring is 1. The van der Waals surface area contributed by atoms with Crippen LogP contribution in [0.3, 0.4) is 0 Å². The molecule has 7 heteroatoms. The number of nitrogens with zero attached hydrogens (tertiary/aromatic N) is 1. The van der Waals surface area contributed by atoms with Gasteiger partial charge in [0.05, 0.1) is 6.20 Å². The van der Waals surface area contributed by atoms with Gasteiger partial charge in [0.25, 0.3) is 10.0 Å². The second-order valence-electron chi connectivity index (χ2n) is 4.13. The quantitative estimate of drug-likeness (QED) is 0.781. The van der Waals surface area contributed by atoms with Crippen LogP contribution in [-0.2, 0) is 10.0 Å². The van der Waals surface area contributed by atoms with Gasteiger partial charge in [0, 0.05) is 5.69 Å². The van der Waals surface area contributed by atoms with Crippen molar-refractivity contribution in [3.63, 3.8) is 0 Å². The summed E-state index contributed by atoms with van der Waals surface area (Å²) in [6.07, 6.45) is 1.18. The smallest absolute Gasteiger partial charge is 0.267 e. The van der Waals surface area contributed by atoms with Crippen LogP contribution in [0.2, 0.25) is 0 Å². The Kier molecular flexibility index (Phi) is 3.00. The highest BCUT2D eigenvalue weighted by molar-refractivity contribution is 7.92. The molecule has 1 heterocycles. The lowest BCUT2D eigenvalue weighted by Gasteiger charge is -2.08. The van der Waals surface area contributed by atoms with Gasteiger partial charge in [-0.15, -0.1) is 0 Å². The average molecular weight is 266 g/mol. The molecule has 1 aromatic carbocycles. The Labute approximate surface area is 105 Å². The molecule has 1 aromatic heterocycles. The van der Waals surface area contributed by atoms with Gasteiger partial charge in [-0.1, -0.05) is 6.07 Å². The van der Waals surface area contributed by atoms with Gasteiger partial charge in [0.15, 0.2) is 0 Å². The number of nitrogens with two attached hydrogens (primary N) is 1. The summed E-state index contributed by atoms with van der Waals surface area (Å²) < 4.78 is 26.6. The highest BCUT2D eigenvalue weighted by Crippen LogP contribution is 2.20. The molecule has 0 aliphatic heterocycles. The van der Waals surface area contributed by atoms with Crippen molar-refractivity contribution in [2.45, 2.75) is 18.7 Å². The van der Waals surface area contributed by atoms with E-state index in [1.54, 1.807) is 12.1 Å². The number of hydrogen-bond acceptors (Lipinski definition) is 4. The van der Waals surface area contributed by atoms with Crippen molar-refractivity contribution in [2.24, 2.45) is 0 Å². The molecule has 0 unspecified atom stereocenters. The van der Waals surface area contributed by atoms with E-state index in [1.165, 1.54) is 6.20 Å². The molecule has 0 spiro atoms. The lowest BCUT2D eigenvalue weighted by molar-refractivity contribution is 0.601. The minimum Gasteiger partial charge on any atom is -0.383 e. The second-order valence-corrected chi connectivity index (χ2v) is 5.78. The zero-order valence-electron chi connectivity index (χ0n) is 10.1. The van der Waals surface area contributed by atoms with E-state index in [1.807, 2.05) is 19.9 Å². The van der Waals surface area contributed by atoms with E-state index >= 15 is 0 Å². The summed E-state index contributed by atoms with van der Waals surface area (Å²) in [5.74, 6) is 0.0203. The zero-order chi connectivity index (χ0) is 13.3. The standard InChI is InChI=1S/C11H14N4O2S/c1-7-3-8(2)5-9(4-7)15-18(16,17)10-6-13-14-11(10)12/h3-6,15H,1-2H3,(H3,12,13,14). The minimum absolute atomic E-state index is 0.0203. The number of aromatic amines is 1. The van der Waals surface area contributed by atoms with Crippen molar-refractivity contribution in [2.75, 3.05) is 10.5 Å². The molecule has 0 saturated heterocycles. The maximum Gasteiger partial charge on any atom is 0.267 e. The number of rotatable bonds is 3. The lowest BCUT2D eigenvalue weighted by Crippen LogP contribution is -2.14. The molecule has 0 fully saturated rings. The van der Waals surface area contributed by atoms with Crippen LogP contribution in [0.5, 0.6) is 0 Å². The Morgan fingerprint density at radius 3 is 2.33 bits per heavy atom. The van der Waals surface area contributed by atoms with Crippen molar-refractivity contribution in [1.29, 1.82) is 0 Å². The van der Waals surface area contributed by atoms with Crippen molar-refractivity contribution >= 4 is 21.5 Å². The first-order chi connectivity index (χ1) is 8.38. The molecule has 96 valence electrons. The summed E-state index contributed by atoms with van der Waals surface area (Å²) in [6.45, 7) is 3.80.